The van der Waals surface area contributed by atoms with Crippen molar-refractivity contribution in [2.75, 3.05) is 26.2 Å². The van der Waals surface area contributed by atoms with Crippen molar-refractivity contribution in [3.05, 3.63) is 0 Å². The lowest BCUT2D eigenvalue weighted by molar-refractivity contribution is 0.224. The molecule has 1 unspecified atom stereocenters. The fraction of sp³-hybridized carbons (Fsp3) is 0.833. The highest BCUT2D eigenvalue weighted by atomic mass is 15.1. The summed E-state index contributed by atoms with van der Waals surface area (Å²) >= 11 is 0. The molecule has 0 aliphatic rings. The zero-order valence-electron chi connectivity index (χ0n) is 9.79. The van der Waals surface area contributed by atoms with Gasteiger partial charge in [-0.1, -0.05) is 26.7 Å². The number of hydrogen-bond acceptors (Lipinski definition) is 2. The lowest BCUT2D eigenvalue weighted by Gasteiger charge is -2.27. The van der Waals surface area contributed by atoms with Gasteiger partial charge in [-0.05, 0) is 31.3 Å². The second-order valence-electron chi connectivity index (χ2n) is 4.18. The summed E-state index contributed by atoms with van der Waals surface area (Å²) in [6, 6.07) is 0. The second-order valence-corrected chi connectivity index (χ2v) is 4.18. The third kappa shape index (κ3) is 5.26. The van der Waals surface area contributed by atoms with Crippen LogP contribution in [0.25, 0.3) is 0 Å². The van der Waals surface area contributed by atoms with E-state index in [0.29, 0.717) is 11.8 Å². The molecule has 14 heavy (non-hydrogen) atoms. The fourth-order valence-electron chi connectivity index (χ4n) is 1.57. The summed E-state index contributed by atoms with van der Waals surface area (Å²) in [6.45, 7) is 10.2. The van der Waals surface area contributed by atoms with E-state index in [1.807, 2.05) is 0 Å². The van der Waals surface area contributed by atoms with Crippen LogP contribution in [0.3, 0.4) is 0 Å². The molecule has 0 aromatic rings. The van der Waals surface area contributed by atoms with Crippen LogP contribution in [-0.2, 0) is 0 Å². The Kier molecular flexibility index (Phi) is 7.55. The van der Waals surface area contributed by atoms with E-state index in [1.165, 1.54) is 0 Å². The fourth-order valence-corrected chi connectivity index (χ4v) is 1.57. The lowest BCUT2D eigenvalue weighted by atomic mass is 9.95. The maximum Gasteiger partial charge on any atom is 0.0599 e. The van der Waals surface area contributed by atoms with Gasteiger partial charge in [0.25, 0.3) is 0 Å². The summed E-state index contributed by atoms with van der Waals surface area (Å²) in [5, 5.41) is 0. The van der Waals surface area contributed by atoms with Crippen molar-refractivity contribution in [2.45, 2.75) is 27.2 Å². The van der Waals surface area contributed by atoms with Crippen LogP contribution < -0.4 is 5.73 Å². The van der Waals surface area contributed by atoms with Crippen LogP contribution >= 0.6 is 0 Å². The number of terminal acetylenes is 1. The first-order valence-electron chi connectivity index (χ1n) is 5.51. The van der Waals surface area contributed by atoms with Crippen LogP contribution in [0.15, 0.2) is 0 Å². The summed E-state index contributed by atoms with van der Waals surface area (Å²) in [5.74, 6) is 3.91. The van der Waals surface area contributed by atoms with Crippen LogP contribution in [0.2, 0.25) is 0 Å². The number of rotatable bonds is 7. The lowest BCUT2D eigenvalue weighted by Crippen LogP contribution is -2.36. The van der Waals surface area contributed by atoms with Gasteiger partial charge in [0.2, 0.25) is 0 Å². The van der Waals surface area contributed by atoms with Gasteiger partial charge < -0.3 is 5.73 Å². The van der Waals surface area contributed by atoms with E-state index in [9.17, 15) is 0 Å². The molecule has 2 nitrogen and oxygen atoms in total. The quantitative estimate of drug-likeness (QED) is 0.626. The average molecular weight is 196 g/mol. The van der Waals surface area contributed by atoms with E-state index >= 15 is 0 Å². The number of nitrogens with zero attached hydrogens (tertiary/aromatic N) is 1. The summed E-state index contributed by atoms with van der Waals surface area (Å²) < 4.78 is 0. The zero-order valence-corrected chi connectivity index (χ0v) is 9.79. The Morgan fingerprint density at radius 1 is 1.43 bits per heavy atom. The molecule has 0 rings (SSSR count). The van der Waals surface area contributed by atoms with E-state index in [1.54, 1.807) is 0 Å². The standard InChI is InChI=1S/C12H24N2/c1-5-7-14(8-6-2)10-12(9-13)11(3)4/h1,11-12H,6-10,13H2,2-4H3. The molecule has 0 heterocycles. The Bertz CT molecular complexity index is 170. The average Bonchev–Trinajstić information content (AvgIpc) is 2.14. The van der Waals surface area contributed by atoms with Crippen LogP contribution in [0.5, 0.6) is 0 Å². The third-order valence-corrected chi connectivity index (χ3v) is 2.59. The Labute approximate surface area is 88.9 Å². The van der Waals surface area contributed by atoms with Crippen LogP contribution in [0, 0.1) is 24.2 Å². The van der Waals surface area contributed by atoms with Crippen molar-refractivity contribution in [1.29, 1.82) is 0 Å². The molecule has 0 fully saturated rings. The van der Waals surface area contributed by atoms with Gasteiger partial charge >= 0.3 is 0 Å². The maximum absolute atomic E-state index is 5.74. The van der Waals surface area contributed by atoms with Crippen molar-refractivity contribution in [1.82, 2.24) is 4.90 Å². The minimum Gasteiger partial charge on any atom is -0.330 e. The smallest absolute Gasteiger partial charge is 0.0599 e. The van der Waals surface area contributed by atoms with E-state index in [2.05, 4.69) is 31.6 Å². The SMILES string of the molecule is C#CCN(CCC)CC(CN)C(C)C. The minimum absolute atomic E-state index is 0.565. The summed E-state index contributed by atoms with van der Waals surface area (Å²) in [5.41, 5.74) is 5.74. The van der Waals surface area contributed by atoms with Crippen molar-refractivity contribution in [2.24, 2.45) is 17.6 Å². The van der Waals surface area contributed by atoms with Gasteiger partial charge in [0.1, 0.15) is 0 Å². The first-order valence-corrected chi connectivity index (χ1v) is 5.51. The van der Waals surface area contributed by atoms with Gasteiger partial charge in [-0.2, -0.15) is 0 Å². The molecule has 0 amide bonds. The molecule has 0 aliphatic carbocycles. The highest BCUT2D eigenvalue weighted by Crippen LogP contribution is 2.11. The second kappa shape index (κ2) is 7.84. The van der Waals surface area contributed by atoms with E-state index in [4.69, 9.17) is 12.2 Å². The highest BCUT2D eigenvalue weighted by Gasteiger charge is 2.14. The number of hydrogen-bond donors (Lipinski definition) is 1. The summed E-state index contributed by atoms with van der Waals surface area (Å²) in [4.78, 5) is 2.32. The molecule has 0 bridgehead atoms. The molecule has 2 N–H and O–H groups in total. The van der Waals surface area contributed by atoms with E-state index in [0.717, 1.165) is 32.6 Å². The van der Waals surface area contributed by atoms with Crippen molar-refractivity contribution < 1.29 is 0 Å². The molecule has 0 aliphatic heterocycles. The molecular weight excluding hydrogens is 172 g/mol. The molecule has 0 aromatic carbocycles. The van der Waals surface area contributed by atoms with Crippen molar-refractivity contribution >= 4 is 0 Å². The Balaban J connectivity index is 4.05. The van der Waals surface area contributed by atoms with Crippen molar-refractivity contribution in [3.8, 4) is 12.3 Å². The first kappa shape index (κ1) is 13.5. The molecule has 0 aromatic heterocycles. The molecule has 0 saturated heterocycles. The third-order valence-electron chi connectivity index (χ3n) is 2.59. The molecule has 82 valence electrons. The van der Waals surface area contributed by atoms with E-state index in [-0.39, 0.29) is 0 Å². The molecule has 0 saturated carbocycles. The van der Waals surface area contributed by atoms with Crippen LogP contribution in [0.4, 0.5) is 0 Å². The molecule has 1 atom stereocenters. The van der Waals surface area contributed by atoms with Gasteiger partial charge in [-0.3, -0.25) is 4.90 Å². The maximum atomic E-state index is 5.74. The molecule has 2 heteroatoms. The van der Waals surface area contributed by atoms with Gasteiger partial charge in [0.05, 0.1) is 6.54 Å². The Morgan fingerprint density at radius 3 is 2.43 bits per heavy atom. The monoisotopic (exact) mass is 196 g/mol. The predicted octanol–water partition coefficient (Wildman–Crippen LogP) is 1.56. The largest absolute Gasteiger partial charge is 0.330 e. The van der Waals surface area contributed by atoms with Gasteiger partial charge in [0, 0.05) is 6.54 Å². The van der Waals surface area contributed by atoms with Crippen LogP contribution in [-0.4, -0.2) is 31.1 Å². The minimum atomic E-state index is 0.565. The molecular formula is C12H24N2. The Morgan fingerprint density at radius 2 is 2.07 bits per heavy atom. The topological polar surface area (TPSA) is 29.3 Å². The van der Waals surface area contributed by atoms with Gasteiger partial charge in [-0.15, -0.1) is 6.42 Å². The molecule has 0 spiro atoms. The Hall–Kier alpha value is -0.520. The van der Waals surface area contributed by atoms with Crippen LogP contribution in [0.1, 0.15) is 27.2 Å². The van der Waals surface area contributed by atoms with Gasteiger partial charge in [0.15, 0.2) is 0 Å². The van der Waals surface area contributed by atoms with Gasteiger partial charge in [-0.25, -0.2) is 0 Å². The zero-order chi connectivity index (χ0) is 11.0. The van der Waals surface area contributed by atoms with E-state index < -0.39 is 0 Å². The number of nitrogens with two attached hydrogens (primary N) is 1. The molecule has 0 radical (unpaired) electrons. The normalized spacial score (nSPS) is 13.2. The summed E-state index contributed by atoms with van der Waals surface area (Å²) in [6.07, 6.45) is 6.48. The highest BCUT2D eigenvalue weighted by molar-refractivity contribution is 4.88. The van der Waals surface area contributed by atoms with Crippen molar-refractivity contribution in [3.63, 3.8) is 0 Å². The summed E-state index contributed by atoms with van der Waals surface area (Å²) in [7, 11) is 0. The first-order chi connectivity index (χ1) is 6.65. The predicted molar refractivity (Wildman–Crippen MR) is 62.9 cm³/mol.